The van der Waals surface area contributed by atoms with E-state index in [0.29, 0.717) is 5.56 Å². The summed E-state index contributed by atoms with van der Waals surface area (Å²) >= 11 is 10.1. The van der Waals surface area contributed by atoms with Crippen molar-refractivity contribution >= 4 is 53.7 Å². The van der Waals surface area contributed by atoms with Gasteiger partial charge in [-0.15, -0.1) is 0 Å². The highest BCUT2D eigenvalue weighted by atomic mass is 79.9. The summed E-state index contributed by atoms with van der Waals surface area (Å²) in [5.74, 6) is -0.0483. The lowest BCUT2D eigenvalue weighted by Gasteiger charge is -2.13. The highest BCUT2D eigenvalue weighted by Gasteiger charge is 2.12. The third-order valence-electron chi connectivity index (χ3n) is 2.10. The zero-order valence-corrected chi connectivity index (χ0v) is 13.5. The smallest absolute Gasteiger partial charge is 0.252 e. The quantitative estimate of drug-likeness (QED) is 0.739. The molecule has 1 unspecified atom stereocenters. The van der Waals surface area contributed by atoms with Gasteiger partial charge in [0, 0.05) is 20.3 Å². The van der Waals surface area contributed by atoms with E-state index in [1.165, 1.54) is 0 Å². The van der Waals surface area contributed by atoms with Crippen molar-refractivity contribution in [3.05, 3.63) is 32.7 Å². The Kier molecular flexibility index (Phi) is 6.00. The molecule has 0 aliphatic heterocycles. The van der Waals surface area contributed by atoms with Crippen LogP contribution in [0.15, 0.2) is 27.1 Å². The van der Waals surface area contributed by atoms with Gasteiger partial charge in [-0.25, -0.2) is 0 Å². The van der Waals surface area contributed by atoms with E-state index in [9.17, 15) is 4.79 Å². The van der Waals surface area contributed by atoms with Crippen LogP contribution in [-0.2, 0) is 0 Å². The number of carbonyl (C=O) groups excluding carboxylic acids is 1. The summed E-state index contributed by atoms with van der Waals surface area (Å²) < 4.78 is 1.75. The maximum atomic E-state index is 11.9. The summed E-state index contributed by atoms with van der Waals surface area (Å²) in [7, 11) is 0. The summed E-state index contributed by atoms with van der Waals surface area (Å²) in [6.07, 6.45) is 0.917. The van der Waals surface area contributed by atoms with E-state index >= 15 is 0 Å². The molecule has 0 heterocycles. The van der Waals surface area contributed by atoms with Crippen molar-refractivity contribution < 1.29 is 4.79 Å². The van der Waals surface area contributed by atoms with Gasteiger partial charge in [0.1, 0.15) is 0 Å². The first-order valence-electron chi connectivity index (χ1n) is 4.86. The first-order chi connectivity index (χ1) is 7.54. The number of carbonyl (C=O) groups is 1. The Morgan fingerprint density at radius 1 is 1.44 bits per heavy atom. The number of hydrogen-bond donors (Lipinski definition) is 1. The third-order valence-corrected chi connectivity index (χ3v) is 3.70. The van der Waals surface area contributed by atoms with Crippen LogP contribution in [0, 0.1) is 0 Å². The molecular weight excluding hydrogens is 402 g/mol. The minimum atomic E-state index is -0.0483. The Labute approximate surface area is 121 Å². The van der Waals surface area contributed by atoms with Crippen molar-refractivity contribution in [3.63, 3.8) is 0 Å². The average molecular weight is 414 g/mol. The van der Waals surface area contributed by atoms with Gasteiger partial charge in [0.2, 0.25) is 0 Å². The molecule has 1 aromatic rings. The first-order valence-corrected chi connectivity index (χ1v) is 7.57. The van der Waals surface area contributed by atoms with E-state index in [2.05, 4.69) is 53.1 Å². The molecule has 0 aliphatic carbocycles. The number of rotatable bonds is 4. The molecule has 0 bridgehead atoms. The van der Waals surface area contributed by atoms with Crippen molar-refractivity contribution in [2.45, 2.75) is 19.4 Å². The van der Waals surface area contributed by atoms with E-state index in [0.717, 1.165) is 20.7 Å². The van der Waals surface area contributed by atoms with Crippen LogP contribution in [0.4, 0.5) is 0 Å². The Balaban J connectivity index is 2.73. The second kappa shape index (κ2) is 6.77. The van der Waals surface area contributed by atoms with Crippen LogP contribution < -0.4 is 5.32 Å². The summed E-state index contributed by atoms with van der Waals surface area (Å²) in [6.45, 7) is 1.99. The van der Waals surface area contributed by atoms with E-state index in [4.69, 9.17) is 0 Å². The van der Waals surface area contributed by atoms with Crippen molar-refractivity contribution in [2.75, 3.05) is 5.33 Å². The minimum Gasteiger partial charge on any atom is -0.350 e. The number of hydrogen-bond acceptors (Lipinski definition) is 1. The summed E-state index contributed by atoms with van der Waals surface area (Å²) in [5.41, 5.74) is 0.657. The molecule has 1 aromatic carbocycles. The van der Waals surface area contributed by atoms with Gasteiger partial charge in [0.25, 0.3) is 5.91 Å². The molecular formula is C11H12Br3NO. The summed E-state index contributed by atoms with van der Waals surface area (Å²) in [6, 6.07) is 5.69. The second-order valence-electron chi connectivity index (χ2n) is 3.48. The topological polar surface area (TPSA) is 29.1 Å². The molecule has 0 radical (unpaired) electrons. The summed E-state index contributed by atoms with van der Waals surface area (Å²) in [4.78, 5) is 11.9. The van der Waals surface area contributed by atoms with Crippen LogP contribution in [0.1, 0.15) is 23.7 Å². The molecule has 0 saturated heterocycles. The van der Waals surface area contributed by atoms with Crippen molar-refractivity contribution in [3.8, 4) is 0 Å². The molecule has 0 spiro atoms. The van der Waals surface area contributed by atoms with Gasteiger partial charge in [0.15, 0.2) is 0 Å². The fourth-order valence-corrected chi connectivity index (χ4v) is 3.12. The van der Waals surface area contributed by atoms with Crippen LogP contribution in [0.2, 0.25) is 0 Å². The fraction of sp³-hybridized carbons (Fsp3) is 0.364. The van der Waals surface area contributed by atoms with Crippen molar-refractivity contribution in [1.82, 2.24) is 5.32 Å². The van der Waals surface area contributed by atoms with Crippen LogP contribution in [-0.4, -0.2) is 17.3 Å². The van der Waals surface area contributed by atoms with Crippen molar-refractivity contribution in [1.29, 1.82) is 0 Å². The number of halogens is 3. The predicted molar refractivity (Wildman–Crippen MR) is 77.2 cm³/mol. The fourth-order valence-electron chi connectivity index (χ4n) is 1.21. The molecule has 5 heteroatoms. The van der Waals surface area contributed by atoms with Gasteiger partial charge in [-0.2, -0.15) is 0 Å². The van der Waals surface area contributed by atoms with Gasteiger partial charge in [-0.1, -0.05) is 31.9 Å². The lowest BCUT2D eigenvalue weighted by molar-refractivity contribution is 0.0939. The maximum absolute atomic E-state index is 11.9. The van der Waals surface area contributed by atoms with Crippen molar-refractivity contribution in [2.24, 2.45) is 0 Å². The van der Waals surface area contributed by atoms with Gasteiger partial charge in [0.05, 0.1) is 5.56 Å². The van der Waals surface area contributed by atoms with Crippen LogP contribution in [0.25, 0.3) is 0 Å². The molecule has 1 N–H and O–H groups in total. The molecule has 16 heavy (non-hydrogen) atoms. The van der Waals surface area contributed by atoms with E-state index < -0.39 is 0 Å². The van der Waals surface area contributed by atoms with E-state index in [1.807, 2.05) is 19.1 Å². The molecule has 0 aromatic heterocycles. The van der Waals surface area contributed by atoms with Gasteiger partial charge < -0.3 is 5.32 Å². The summed E-state index contributed by atoms with van der Waals surface area (Å²) in [5, 5.41) is 3.83. The monoisotopic (exact) mass is 411 g/mol. The van der Waals surface area contributed by atoms with Gasteiger partial charge in [-0.05, 0) is 47.5 Å². The molecule has 1 atom stereocenters. The number of benzene rings is 1. The SMILES string of the molecule is CC(CCBr)NC(=O)c1ccc(Br)cc1Br. The maximum Gasteiger partial charge on any atom is 0.252 e. The lowest BCUT2D eigenvalue weighted by atomic mass is 10.2. The zero-order valence-electron chi connectivity index (χ0n) is 8.77. The normalized spacial score (nSPS) is 12.2. The lowest BCUT2D eigenvalue weighted by Crippen LogP contribution is -2.32. The molecule has 1 rings (SSSR count). The first kappa shape index (κ1) is 14.2. The molecule has 0 aliphatic rings. The highest BCUT2D eigenvalue weighted by Crippen LogP contribution is 2.21. The highest BCUT2D eigenvalue weighted by molar-refractivity contribution is 9.11. The van der Waals surface area contributed by atoms with Crippen LogP contribution in [0.3, 0.4) is 0 Å². The average Bonchev–Trinajstić information content (AvgIpc) is 2.17. The Morgan fingerprint density at radius 3 is 2.69 bits per heavy atom. The Bertz CT molecular complexity index is 381. The Morgan fingerprint density at radius 2 is 2.12 bits per heavy atom. The van der Waals surface area contributed by atoms with E-state index in [-0.39, 0.29) is 11.9 Å². The van der Waals surface area contributed by atoms with Gasteiger partial charge in [-0.3, -0.25) is 4.79 Å². The molecule has 0 saturated carbocycles. The number of nitrogens with one attached hydrogen (secondary N) is 1. The van der Waals surface area contributed by atoms with E-state index in [1.54, 1.807) is 6.07 Å². The number of alkyl halides is 1. The Hall–Kier alpha value is 0.130. The minimum absolute atomic E-state index is 0.0483. The molecule has 0 fully saturated rings. The second-order valence-corrected chi connectivity index (χ2v) is 6.04. The number of amides is 1. The van der Waals surface area contributed by atoms with Gasteiger partial charge >= 0.3 is 0 Å². The molecule has 1 amide bonds. The molecule has 2 nitrogen and oxygen atoms in total. The predicted octanol–water partition coefficient (Wildman–Crippen LogP) is 4.11. The third kappa shape index (κ3) is 4.18. The standard InChI is InChI=1S/C11H12Br3NO/c1-7(4-5-12)15-11(16)9-3-2-8(13)6-10(9)14/h2-3,6-7H,4-5H2,1H3,(H,15,16). The van der Waals surface area contributed by atoms with Crippen LogP contribution in [0.5, 0.6) is 0 Å². The largest absolute Gasteiger partial charge is 0.350 e. The van der Waals surface area contributed by atoms with Crippen LogP contribution >= 0.6 is 47.8 Å². The zero-order chi connectivity index (χ0) is 12.1. The molecule has 88 valence electrons.